The first-order valence-electron chi connectivity index (χ1n) is 9.58. The first kappa shape index (κ1) is 18.4. The van der Waals surface area contributed by atoms with E-state index in [0.29, 0.717) is 49.8 Å². The van der Waals surface area contributed by atoms with Crippen molar-refractivity contribution in [3.05, 3.63) is 54.4 Å². The van der Waals surface area contributed by atoms with Crippen LogP contribution in [0.4, 0.5) is 0 Å². The Morgan fingerprint density at radius 3 is 2.39 bits per heavy atom. The van der Waals surface area contributed by atoms with Gasteiger partial charge in [0.1, 0.15) is 17.6 Å². The van der Waals surface area contributed by atoms with Gasteiger partial charge in [0.25, 0.3) is 11.8 Å². The van der Waals surface area contributed by atoms with E-state index in [1.807, 2.05) is 11.0 Å². The lowest BCUT2D eigenvalue weighted by Crippen LogP contribution is -2.52. The minimum Gasteiger partial charge on any atom is -0.456 e. The van der Waals surface area contributed by atoms with Crippen molar-refractivity contribution in [2.75, 3.05) is 32.8 Å². The van der Waals surface area contributed by atoms with Gasteiger partial charge in [-0.15, -0.1) is 0 Å². The fourth-order valence-corrected chi connectivity index (χ4v) is 3.50. The van der Waals surface area contributed by atoms with Crippen LogP contribution in [-0.4, -0.2) is 65.5 Å². The third-order valence-electron chi connectivity index (χ3n) is 5.06. The number of aromatic nitrogens is 1. The lowest BCUT2D eigenvalue weighted by Gasteiger charge is -2.35. The average Bonchev–Trinajstić information content (AvgIpc) is 3.29. The lowest BCUT2D eigenvalue weighted by molar-refractivity contribution is -0.142. The third-order valence-corrected chi connectivity index (χ3v) is 5.06. The van der Waals surface area contributed by atoms with Gasteiger partial charge in [-0.25, -0.2) is 0 Å². The van der Waals surface area contributed by atoms with E-state index in [0.717, 1.165) is 12.8 Å². The van der Waals surface area contributed by atoms with Crippen molar-refractivity contribution in [1.82, 2.24) is 14.8 Å². The van der Waals surface area contributed by atoms with Crippen molar-refractivity contribution < 1.29 is 19.1 Å². The molecule has 1 aromatic heterocycles. The third kappa shape index (κ3) is 4.14. The zero-order chi connectivity index (χ0) is 19.3. The summed E-state index contributed by atoms with van der Waals surface area (Å²) in [4.78, 5) is 32.8. The van der Waals surface area contributed by atoms with Crippen LogP contribution < -0.4 is 4.74 Å². The number of nitrogens with zero attached hydrogens (tertiary/aromatic N) is 3. The van der Waals surface area contributed by atoms with Crippen molar-refractivity contribution in [3.8, 4) is 11.5 Å². The van der Waals surface area contributed by atoms with Crippen LogP contribution in [0.2, 0.25) is 0 Å². The second kappa shape index (κ2) is 8.39. The minimum absolute atomic E-state index is 0.0304. The zero-order valence-electron chi connectivity index (χ0n) is 15.6. The van der Waals surface area contributed by atoms with E-state index < -0.39 is 0 Å². The highest BCUT2D eigenvalue weighted by molar-refractivity contribution is 5.94. The molecule has 2 amide bonds. The van der Waals surface area contributed by atoms with Crippen molar-refractivity contribution in [2.24, 2.45) is 0 Å². The molecule has 3 heterocycles. The van der Waals surface area contributed by atoms with Gasteiger partial charge in [-0.2, -0.15) is 0 Å². The number of hydrogen-bond acceptors (Lipinski definition) is 5. The Hall–Kier alpha value is -2.93. The highest BCUT2D eigenvalue weighted by atomic mass is 16.5. The number of piperazine rings is 1. The summed E-state index contributed by atoms with van der Waals surface area (Å²) in [5.74, 6) is 1.32. The maximum Gasteiger partial charge on any atom is 0.253 e. The maximum atomic E-state index is 12.7. The highest BCUT2D eigenvalue weighted by Gasteiger charge is 2.31. The Bertz CT molecular complexity index is 811. The van der Waals surface area contributed by atoms with Gasteiger partial charge < -0.3 is 19.3 Å². The number of ether oxygens (including phenoxy) is 2. The van der Waals surface area contributed by atoms with Crippen molar-refractivity contribution in [2.45, 2.75) is 18.9 Å². The van der Waals surface area contributed by atoms with Gasteiger partial charge in [0, 0.05) is 44.5 Å². The second-order valence-corrected chi connectivity index (χ2v) is 6.93. The van der Waals surface area contributed by atoms with Gasteiger partial charge in [0.15, 0.2) is 0 Å². The number of carbonyl (C=O) groups is 2. The molecular formula is C21H23N3O4. The number of hydrogen-bond donors (Lipinski definition) is 0. The molecule has 0 radical (unpaired) electrons. The van der Waals surface area contributed by atoms with E-state index in [4.69, 9.17) is 9.47 Å². The fraction of sp³-hybridized carbons (Fsp3) is 0.381. The summed E-state index contributed by atoms with van der Waals surface area (Å²) >= 11 is 0. The molecule has 0 aliphatic carbocycles. The SMILES string of the molecule is O=C(c1ccc(Oc2cccnc2)cc1)N1CCN(C(=O)C2CCCO2)CC1. The molecule has 0 bridgehead atoms. The van der Waals surface area contributed by atoms with Crippen molar-refractivity contribution >= 4 is 11.8 Å². The predicted octanol–water partition coefficient (Wildman–Crippen LogP) is 2.34. The number of pyridine rings is 1. The van der Waals surface area contributed by atoms with E-state index >= 15 is 0 Å². The molecule has 2 fully saturated rings. The molecule has 7 heteroatoms. The number of benzene rings is 1. The normalized spacial score (nSPS) is 19.5. The quantitative estimate of drug-likeness (QED) is 0.813. The first-order valence-corrected chi connectivity index (χ1v) is 9.58. The molecule has 2 saturated heterocycles. The average molecular weight is 381 g/mol. The van der Waals surface area contributed by atoms with Crippen LogP contribution in [0.15, 0.2) is 48.8 Å². The van der Waals surface area contributed by atoms with Crippen molar-refractivity contribution in [1.29, 1.82) is 0 Å². The standard InChI is InChI=1S/C21H23N3O4/c25-20(16-5-7-17(8-6-16)28-18-3-1-9-22-15-18)23-10-12-24(13-11-23)21(26)19-4-2-14-27-19/h1,3,5-9,15,19H,2,4,10-14H2. The second-order valence-electron chi connectivity index (χ2n) is 6.93. The molecule has 0 saturated carbocycles. The van der Waals surface area contributed by atoms with Gasteiger partial charge in [-0.05, 0) is 49.2 Å². The molecule has 4 rings (SSSR count). The molecule has 146 valence electrons. The smallest absolute Gasteiger partial charge is 0.253 e. The van der Waals surface area contributed by atoms with Gasteiger partial charge in [0.2, 0.25) is 0 Å². The van der Waals surface area contributed by atoms with E-state index in [-0.39, 0.29) is 17.9 Å². The molecule has 0 N–H and O–H groups in total. The summed E-state index contributed by atoms with van der Waals surface area (Å²) in [6.07, 6.45) is 4.76. The van der Waals surface area contributed by atoms with E-state index in [2.05, 4.69) is 4.98 Å². The summed E-state index contributed by atoms with van der Waals surface area (Å²) in [6, 6.07) is 10.7. The first-order chi connectivity index (χ1) is 13.7. The van der Waals surface area contributed by atoms with Gasteiger partial charge in [-0.3, -0.25) is 14.6 Å². The minimum atomic E-state index is -0.297. The molecule has 0 spiro atoms. The number of amides is 2. The zero-order valence-corrected chi connectivity index (χ0v) is 15.6. The monoisotopic (exact) mass is 381 g/mol. The van der Waals surface area contributed by atoms with E-state index in [1.54, 1.807) is 47.6 Å². The maximum absolute atomic E-state index is 12.7. The summed E-state index contributed by atoms with van der Waals surface area (Å²) in [7, 11) is 0. The Morgan fingerprint density at radius 2 is 1.75 bits per heavy atom. The number of carbonyl (C=O) groups excluding carboxylic acids is 2. The lowest BCUT2D eigenvalue weighted by atomic mass is 10.1. The Labute approximate surface area is 163 Å². The molecule has 28 heavy (non-hydrogen) atoms. The molecule has 2 aliphatic heterocycles. The molecule has 1 aromatic carbocycles. The molecule has 1 unspecified atom stereocenters. The molecule has 1 atom stereocenters. The van der Waals surface area contributed by atoms with Crippen LogP contribution >= 0.6 is 0 Å². The fourth-order valence-electron chi connectivity index (χ4n) is 3.50. The molecule has 2 aliphatic rings. The molecule has 2 aromatic rings. The van der Waals surface area contributed by atoms with Crippen LogP contribution in [0.3, 0.4) is 0 Å². The van der Waals surface area contributed by atoms with E-state index in [1.165, 1.54) is 0 Å². The predicted molar refractivity (Wildman–Crippen MR) is 102 cm³/mol. The highest BCUT2D eigenvalue weighted by Crippen LogP contribution is 2.21. The van der Waals surface area contributed by atoms with Crippen LogP contribution in [0.25, 0.3) is 0 Å². The molecule has 7 nitrogen and oxygen atoms in total. The van der Waals surface area contributed by atoms with Gasteiger partial charge in [0.05, 0.1) is 6.20 Å². The summed E-state index contributed by atoms with van der Waals surface area (Å²) < 4.78 is 11.2. The van der Waals surface area contributed by atoms with Crippen LogP contribution in [0.5, 0.6) is 11.5 Å². The van der Waals surface area contributed by atoms with E-state index in [9.17, 15) is 9.59 Å². The van der Waals surface area contributed by atoms with Crippen LogP contribution in [-0.2, 0) is 9.53 Å². The molecular weight excluding hydrogens is 358 g/mol. The summed E-state index contributed by atoms with van der Waals surface area (Å²) in [6.45, 7) is 2.82. The Morgan fingerprint density at radius 1 is 1.00 bits per heavy atom. The van der Waals surface area contributed by atoms with Gasteiger partial charge >= 0.3 is 0 Å². The van der Waals surface area contributed by atoms with Crippen LogP contribution in [0, 0.1) is 0 Å². The van der Waals surface area contributed by atoms with Crippen molar-refractivity contribution in [3.63, 3.8) is 0 Å². The largest absolute Gasteiger partial charge is 0.456 e. The summed E-state index contributed by atoms with van der Waals surface area (Å²) in [5.41, 5.74) is 0.609. The Balaban J connectivity index is 1.31. The topological polar surface area (TPSA) is 72.0 Å². The number of rotatable bonds is 4. The Kier molecular flexibility index (Phi) is 5.53. The van der Waals surface area contributed by atoms with Crippen LogP contribution in [0.1, 0.15) is 23.2 Å². The summed E-state index contributed by atoms with van der Waals surface area (Å²) in [5, 5.41) is 0. The van der Waals surface area contributed by atoms with Gasteiger partial charge in [-0.1, -0.05) is 0 Å².